The third kappa shape index (κ3) is 6.43. The molecule has 0 aromatic rings. The van der Waals surface area contributed by atoms with Crippen LogP contribution < -0.4 is 0 Å². The molecular weight excluding hydrogens is 220 g/mol. The maximum Gasteiger partial charge on any atom is 0.304 e. The van der Waals surface area contributed by atoms with Crippen LogP contribution in [0.3, 0.4) is 0 Å². The van der Waals surface area contributed by atoms with Crippen LogP contribution in [0.2, 0.25) is 0 Å². The number of carboxylic acids is 1. The van der Waals surface area contributed by atoms with Crippen molar-refractivity contribution in [1.82, 2.24) is 9.21 Å². The quantitative estimate of drug-likeness (QED) is 0.633. The van der Waals surface area contributed by atoms with Gasteiger partial charge >= 0.3 is 5.97 Å². The second-order valence-electron chi connectivity index (χ2n) is 3.58. The lowest BCUT2D eigenvalue weighted by atomic mass is 10.5. The van der Waals surface area contributed by atoms with Crippen LogP contribution in [0.5, 0.6) is 0 Å². The number of hydrogen-bond acceptors (Lipinski definition) is 4. The molecule has 0 bridgehead atoms. The van der Waals surface area contributed by atoms with Crippen molar-refractivity contribution in [3.8, 4) is 0 Å². The Bertz CT molecular complexity index is 300. The number of carbonyl (C=O) groups is 1. The van der Waals surface area contributed by atoms with Crippen molar-refractivity contribution in [2.24, 2.45) is 0 Å². The van der Waals surface area contributed by atoms with Crippen molar-refractivity contribution in [3.05, 3.63) is 0 Å². The van der Waals surface area contributed by atoms with E-state index in [0.717, 1.165) is 0 Å². The van der Waals surface area contributed by atoms with Crippen LogP contribution in [-0.4, -0.2) is 68.7 Å². The van der Waals surface area contributed by atoms with E-state index in [1.54, 1.807) is 0 Å². The summed E-state index contributed by atoms with van der Waals surface area (Å²) in [6, 6.07) is 0. The zero-order valence-corrected chi connectivity index (χ0v) is 10.1. The van der Waals surface area contributed by atoms with E-state index >= 15 is 0 Å². The van der Waals surface area contributed by atoms with Gasteiger partial charge in [0.25, 0.3) is 0 Å². The summed E-state index contributed by atoms with van der Waals surface area (Å²) in [5.41, 5.74) is 0. The van der Waals surface area contributed by atoms with Crippen molar-refractivity contribution in [3.63, 3.8) is 0 Å². The van der Waals surface area contributed by atoms with Gasteiger partial charge < -0.3 is 10.0 Å². The van der Waals surface area contributed by atoms with Crippen molar-refractivity contribution in [2.75, 3.05) is 40.0 Å². The summed E-state index contributed by atoms with van der Waals surface area (Å²) in [6.45, 7) is 0.984. The lowest BCUT2D eigenvalue weighted by Gasteiger charge is -2.18. The third-order valence-corrected chi connectivity index (χ3v) is 3.76. The SMILES string of the molecule is CN(C)CCN(C)S(=O)(=O)CCC(=O)O. The van der Waals surface area contributed by atoms with Crippen molar-refractivity contribution < 1.29 is 18.3 Å². The Kier molecular flexibility index (Phi) is 5.77. The molecule has 0 aromatic heterocycles. The predicted molar refractivity (Wildman–Crippen MR) is 57.2 cm³/mol. The molecule has 0 spiro atoms. The first-order valence-corrected chi connectivity index (χ1v) is 6.17. The fraction of sp³-hybridized carbons (Fsp3) is 0.875. The molecular formula is C8H18N2O4S. The zero-order valence-electron chi connectivity index (χ0n) is 9.30. The second kappa shape index (κ2) is 6.04. The van der Waals surface area contributed by atoms with Crippen LogP contribution in [-0.2, 0) is 14.8 Å². The Morgan fingerprint density at radius 3 is 2.13 bits per heavy atom. The molecule has 90 valence electrons. The first-order chi connectivity index (χ1) is 6.75. The van der Waals surface area contributed by atoms with Gasteiger partial charge in [-0.3, -0.25) is 4.79 Å². The average molecular weight is 238 g/mol. The van der Waals surface area contributed by atoms with E-state index in [0.29, 0.717) is 13.1 Å². The van der Waals surface area contributed by atoms with Gasteiger partial charge in [0, 0.05) is 20.1 Å². The van der Waals surface area contributed by atoms with Crippen LogP contribution in [0.1, 0.15) is 6.42 Å². The van der Waals surface area contributed by atoms with E-state index < -0.39 is 16.0 Å². The zero-order chi connectivity index (χ0) is 12.1. The van der Waals surface area contributed by atoms with Crippen LogP contribution >= 0.6 is 0 Å². The Morgan fingerprint density at radius 1 is 1.20 bits per heavy atom. The first-order valence-electron chi connectivity index (χ1n) is 4.56. The molecule has 6 nitrogen and oxygen atoms in total. The van der Waals surface area contributed by atoms with E-state index in [-0.39, 0.29) is 12.2 Å². The minimum absolute atomic E-state index is 0.341. The molecule has 0 fully saturated rings. The minimum atomic E-state index is -3.43. The molecule has 15 heavy (non-hydrogen) atoms. The smallest absolute Gasteiger partial charge is 0.304 e. The molecule has 0 heterocycles. The largest absolute Gasteiger partial charge is 0.481 e. The van der Waals surface area contributed by atoms with E-state index in [9.17, 15) is 13.2 Å². The summed E-state index contributed by atoms with van der Waals surface area (Å²) in [5.74, 6) is -1.44. The Hall–Kier alpha value is -0.660. The van der Waals surface area contributed by atoms with E-state index in [1.165, 1.54) is 11.4 Å². The highest BCUT2D eigenvalue weighted by Gasteiger charge is 2.18. The molecule has 7 heteroatoms. The van der Waals surface area contributed by atoms with Crippen LogP contribution in [0.25, 0.3) is 0 Å². The van der Waals surface area contributed by atoms with Gasteiger partial charge in [-0.2, -0.15) is 0 Å². The number of hydrogen-bond donors (Lipinski definition) is 1. The van der Waals surface area contributed by atoms with Gasteiger partial charge in [0.15, 0.2) is 0 Å². The molecule has 0 unspecified atom stereocenters. The summed E-state index contributed by atoms with van der Waals surface area (Å²) in [7, 11) is 1.72. The van der Waals surface area contributed by atoms with E-state index in [4.69, 9.17) is 5.11 Å². The number of carboxylic acid groups (broad SMARTS) is 1. The van der Waals surface area contributed by atoms with E-state index in [2.05, 4.69) is 0 Å². The van der Waals surface area contributed by atoms with Gasteiger partial charge in [-0.1, -0.05) is 0 Å². The summed E-state index contributed by atoms with van der Waals surface area (Å²) < 4.78 is 24.2. The molecule has 0 saturated carbocycles. The van der Waals surface area contributed by atoms with Gasteiger partial charge in [0.05, 0.1) is 12.2 Å². The predicted octanol–water partition coefficient (Wildman–Crippen LogP) is -0.716. The third-order valence-electron chi connectivity index (χ3n) is 1.91. The number of sulfonamides is 1. The topological polar surface area (TPSA) is 77.9 Å². The monoisotopic (exact) mass is 238 g/mol. The highest BCUT2D eigenvalue weighted by atomic mass is 32.2. The number of nitrogens with zero attached hydrogens (tertiary/aromatic N) is 2. The molecule has 0 amide bonds. The van der Waals surface area contributed by atoms with Crippen LogP contribution in [0.15, 0.2) is 0 Å². The van der Waals surface area contributed by atoms with Crippen molar-refractivity contribution >= 4 is 16.0 Å². The molecule has 0 radical (unpaired) electrons. The van der Waals surface area contributed by atoms with E-state index in [1.807, 2.05) is 19.0 Å². The van der Waals surface area contributed by atoms with Gasteiger partial charge in [-0.05, 0) is 14.1 Å². The molecule has 1 N–H and O–H groups in total. The van der Waals surface area contributed by atoms with Crippen LogP contribution in [0.4, 0.5) is 0 Å². The van der Waals surface area contributed by atoms with Crippen LogP contribution in [0, 0.1) is 0 Å². The molecule has 0 aliphatic heterocycles. The molecule has 0 aliphatic rings. The fourth-order valence-corrected chi connectivity index (χ4v) is 1.96. The lowest BCUT2D eigenvalue weighted by Crippen LogP contribution is -2.35. The highest BCUT2D eigenvalue weighted by molar-refractivity contribution is 7.89. The van der Waals surface area contributed by atoms with Gasteiger partial charge in [-0.15, -0.1) is 0 Å². The number of aliphatic carboxylic acids is 1. The van der Waals surface area contributed by atoms with Gasteiger partial charge in [-0.25, -0.2) is 12.7 Å². The molecule has 0 atom stereocenters. The molecule has 0 aromatic carbocycles. The first kappa shape index (κ1) is 14.3. The summed E-state index contributed by atoms with van der Waals surface area (Å²) in [6.07, 6.45) is -0.353. The summed E-state index contributed by atoms with van der Waals surface area (Å²) in [5, 5.41) is 8.39. The van der Waals surface area contributed by atoms with Gasteiger partial charge in [0.1, 0.15) is 0 Å². The summed E-state index contributed by atoms with van der Waals surface area (Å²) >= 11 is 0. The minimum Gasteiger partial charge on any atom is -0.481 e. The molecule has 0 aliphatic carbocycles. The maximum absolute atomic E-state index is 11.5. The second-order valence-corrected chi connectivity index (χ2v) is 5.78. The van der Waals surface area contributed by atoms with Crippen molar-refractivity contribution in [1.29, 1.82) is 0 Å². The molecule has 0 rings (SSSR count). The molecule has 0 saturated heterocycles. The number of rotatable bonds is 7. The Balaban J connectivity index is 4.14. The maximum atomic E-state index is 11.5. The Morgan fingerprint density at radius 2 is 1.73 bits per heavy atom. The van der Waals surface area contributed by atoms with Crippen molar-refractivity contribution in [2.45, 2.75) is 6.42 Å². The van der Waals surface area contributed by atoms with Gasteiger partial charge in [0.2, 0.25) is 10.0 Å². The normalized spacial score (nSPS) is 12.3. The fourth-order valence-electron chi connectivity index (χ4n) is 0.852. The lowest BCUT2D eigenvalue weighted by molar-refractivity contribution is -0.136. The summed E-state index contributed by atoms with van der Waals surface area (Å²) in [4.78, 5) is 12.1. The standard InChI is InChI=1S/C8H18N2O4S/c1-9(2)5-6-10(3)15(13,14)7-4-8(11)12/h4-7H2,1-3H3,(H,11,12). The highest BCUT2D eigenvalue weighted by Crippen LogP contribution is 2.00. The number of likely N-dealkylation sites (N-methyl/N-ethyl adjacent to an activating group) is 2. The Labute approximate surface area is 90.5 Å². The average Bonchev–Trinajstić information content (AvgIpc) is 2.11.